The molecule has 0 radical (unpaired) electrons. The molecular formula is C26H29N9O3S. The number of aromatic nitrogens is 6. The number of rotatable bonds is 7. The van der Waals surface area contributed by atoms with Crippen LogP contribution in [-0.2, 0) is 14.8 Å². The second-order valence-corrected chi connectivity index (χ2v) is 11.1. The first-order valence-electron chi connectivity index (χ1n) is 12.5. The normalized spacial score (nSPS) is 14.3. The van der Waals surface area contributed by atoms with Crippen molar-refractivity contribution < 1.29 is 13.2 Å². The van der Waals surface area contributed by atoms with Crippen LogP contribution >= 0.6 is 0 Å². The van der Waals surface area contributed by atoms with Gasteiger partial charge in [0, 0.05) is 54.9 Å². The van der Waals surface area contributed by atoms with Gasteiger partial charge in [0.25, 0.3) is 10.0 Å². The molecule has 0 saturated carbocycles. The lowest BCUT2D eigenvalue weighted by Gasteiger charge is -2.32. The van der Waals surface area contributed by atoms with Gasteiger partial charge in [-0.15, -0.1) is 0 Å². The van der Waals surface area contributed by atoms with Gasteiger partial charge >= 0.3 is 0 Å². The summed E-state index contributed by atoms with van der Waals surface area (Å²) >= 11 is 0. The summed E-state index contributed by atoms with van der Waals surface area (Å²) in [4.78, 5) is 36.4. The summed E-state index contributed by atoms with van der Waals surface area (Å²) in [5.41, 5.74) is 1.20. The molecule has 4 heterocycles. The lowest BCUT2D eigenvalue weighted by molar-refractivity contribution is -0.120. The number of anilines is 3. The van der Waals surface area contributed by atoms with E-state index < -0.39 is 10.0 Å². The van der Waals surface area contributed by atoms with Gasteiger partial charge in [0.05, 0.1) is 4.90 Å². The average Bonchev–Trinajstić information content (AvgIpc) is 3.34. The predicted molar refractivity (Wildman–Crippen MR) is 146 cm³/mol. The van der Waals surface area contributed by atoms with Crippen LogP contribution in [0.2, 0.25) is 0 Å². The van der Waals surface area contributed by atoms with Gasteiger partial charge in [-0.3, -0.25) is 14.1 Å². The molecule has 13 heteroatoms. The van der Waals surface area contributed by atoms with Crippen molar-refractivity contribution in [3.63, 3.8) is 0 Å². The molecular weight excluding hydrogens is 518 g/mol. The monoisotopic (exact) mass is 547 g/mol. The number of hydrogen-bond donors (Lipinski definition) is 2. The number of nitrogens with zero attached hydrogens (tertiary/aromatic N) is 7. The van der Waals surface area contributed by atoms with Crippen molar-refractivity contribution >= 4 is 33.3 Å². The number of carbonyl (C=O) groups excluding carboxylic acids is 1. The van der Waals surface area contributed by atoms with E-state index in [2.05, 4.69) is 39.9 Å². The maximum Gasteiger partial charge on any atom is 0.263 e. The van der Waals surface area contributed by atoms with E-state index >= 15 is 0 Å². The first kappa shape index (κ1) is 26.2. The Balaban J connectivity index is 1.17. The Morgan fingerprint density at radius 2 is 1.67 bits per heavy atom. The summed E-state index contributed by atoms with van der Waals surface area (Å²) < 4.78 is 29.9. The van der Waals surface area contributed by atoms with E-state index in [1.807, 2.05) is 23.8 Å². The van der Waals surface area contributed by atoms with Crippen molar-refractivity contribution in [3.05, 3.63) is 72.5 Å². The van der Waals surface area contributed by atoms with Crippen molar-refractivity contribution in [3.8, 4) is 5.82 Å². The van der Waals surface area contributed by atoms with Crippen LogP contribution in [0, 0.1) is 26.7 Å². The molecule has 39 heavy (non-hydrogen) atoms. The minimum atomic E-state index is -3.84. The molecule has 1 saturated heterocycles. The van der Waals surface area contributed by atoms with Crippen LogP contribution in [0.4, 0.5) is 17.3 Å². The molecule has 202 valence electrons. The summed E-state index contributed by atoms with van der Waals surface area (Å²) in [5, 5.41) is 2.91. The van der Waals surface area contributed by atoms with Gasteiger partial charge in [-0.25, -0.2) is 33.3 Å². The van der Waals surface area contributed by atoms with Crippen LogP contribution in [-0.4, -0.2) is 56.9 Å². The minimum absolute atomic E-state index is 0.0674. The largest absolute Gasteiger partial charge is 0.356 e. The highest BCUT2D eigenvalue weighted by atomic mass is 32.2. The smallest absolute Gasteiger partial charge is 0.263 e. The van der Waals surface area contributed by atoms with E-state index in [0.29, 0.717) is 43.1 Å². The lowest BCUT2D eigenvalue weighted by atomic mass is 9.96. The van der Waals surface area contributed by atoms with E-state index in [-0.39, 0.29) is 22.5 Å². The highest BCUT2D eigenvalue weighted by molar-refractivity contribution is 7.92. The maximum atomic E-state index is 12.9. The molecule has 0 unspecified atom stereocenters. The zero-order chi connectivity index (χ0) is 27.6. The molecule has 3 aromatic heterocycles. The number of imidazole rings is 1. The standard InChI is InChI=1S/C26H29N9O3S/c1-17-14-23(31-18(2)30-17)33-39(37,38)22-6-4-21(5-7-22)32-26(36)20-8-11-34(12-9-20)24-15-25(29-16-28-24)35-13-10-27-19(35)3/h4-7,10,13-16,20H,8-9,11-12H2,1-3H3,(H,32,36)(H,30,31,33). The quantitative estimate of drug-likeness (QED) is 0.356. The third kappa shape index (κ3) is 6.03. The number of benzene rings is 1. The average molecular weight is 548 g/mol. The molecule has 0 aliphatic carbocycles. The van der Waals surface area contributed by atoms with Crippen LogP contribution in [0.25, 0.3) is 5.82 Å². The second-order valence-electron chi connectivity index (χ2n) is 9.40. The molecule has 2 N–H and O–H groups in total. The molecule has 1 fully saturated rings. The molecule has 1 aromatic carbocycles. The summed E-state index contributed by atoms with van der Waals surface area (Å²) in [6.07, 6.45) is 6.47. The Hall–Kier alpha value is -4.39. The second kappa shape index (κ2) is 10.8. The summed E-state index contributed by atoms with van der Waals surface area (Å²) in [6, 6.07) is 9.56. The van der Waals surface area contributed by atoms with Gasteiger partial charge in [0.1, 0.15) is 35.4 Å². The SMILES string of the molecule is Cc1cc(NS(=O)(=O)c2ccc(NC(=O)C3CCN(c4cc(-n5ccnc5C)ncn4)CC3)cc2)nc(C)n1. The van der Waals surface area contributed by atoms with Crippen LogP contribution in [0.5, 0.6) is 0 Å². The number of piperidine rings is 1. The fourth-order valence-electron chi connectivity index (χ4n) is 4.56. The minimum Gasteiger partial charge on any atom is -0.356 e. The Morgan fingerprint density at radius 1 is 0.949 bits per heavy atom. The van der Waals surface area contributed by atoms with Crippen molar-refractivity contribution in [1.29, 1.82) is 0 Å². The molecule has 0 spiro atoms. The van der Waals surface area contributed by atoms with E-state index in [0.717, 1.165) is 17.5 Å². The maximum absolute atomic E-state index is 12.9. The highest BCUT2D eigenvalue weighted by Crippen LogP contribution is 2.25. The van der Waals surface area contributed by atoms with Gasteiger partial charge in [-0.05, 0) is 57.9 Å². The van der Waals surface area contributed by atoms with Gasteiger partial charge in [-0.2, -0.15) is 0 Å². The molecule has 1 aliphatic rings. The molecule has 1 amide bonds. The van der Waals surface area contributed by atoms with E-state index in [9.17, 15) is 13.2 Å². The number of sulfonamides is 1. The molecule has 1 aliphatic heterocycles. The van der Waals surface area contributed by atoms with Gasteiger partial charge in [0.2, 0.25) is 5.91 Å². The van der Waals surface area contributed by atoms with Crippen LogP contribution < -0.4 is 14.9 Å². The van der Waals surface area contributed by atoms with Crippen LogP contribution in [0.15, 0.2) is 60.0 Å². The third-order valence-corrected chi connectivity index (χ3v) is 7.91. The lowest BCUT2D eigenvalue weighted by Crippen LogP contribution is -2.38. The van der Waals surface area contributed by atoms with Crippen molar-refractivity contribution in [2.75, 3.05) is 28.0 Å². The summed E-state index contributed by atoms with van der Waals surface area (Å²) in [6.45, 7) is 6.74. The topological polar surface area (TPSA) is 148 Å². The fourth-order valence-corrected chi connectivity index (χ4v) is 5.55. The Morgan fingerprint density at radius 3 is 2.33 bits per heavy atom. The predicted octanol–water partition coefficient (Wildman–Crippen LogP) is 3.03. The summed E-state index contributed by atoms with van der Waals surface area (Å²) in [7, 11) is -3.84. The van der Waals surface area contributed by atoms with E-state index in [1.165, 1.54) is 18.5 Å². The van der Waals surface area contributed by atoms with Crippen molar-refractivity contribution in [2.24, 2.45) is 5.92 Å². The first-order valence-corrected chi connectivity index (χ1v) is 14.0. The van der Waals surface area contributed by atoms with Gasteiger partial charge < -0.3 is 10.2 Å². The zero-order valence-corrected chi connectivity index (χ0v) is 22.7. The Labute approximate surface area is 226 Å². The van der Waals surface area contributed by atoms with Crippen molar-refractivity contribution in [1.82, 2.24) is 29.5 Å². The number of aryl methyl sites for hydroxylation is 3. The van der Waals surface area contributed by atoms with E-state index in [4.69, 9.17) is 0 Å². The van der Waals surface area contributed by atoms with Gasteiger partial charge in [-0.1, -0.05) is 0 Å². The van der Waals surface area contributed by atoms with E-state index in [1.54, 1.807) is 38.2 Å². The molecule has 5 rings (SSSR count). The number of nitrogens with one attached hydrogen (secondary N) is 2. The molecule has 12 nitrogen and oxygen atoms in total. The zero-order valence-electron chi connectivity index (χ0n) is 21.9. The van der Waals surface area contributed by atoms with Crippen molar-refractivity contribution in [2.45, 2.75) is 38.5 Å². The highest BCUT2D eigenvalue weighted by Gasteiger charge is 2.26. The number of amides is 1. The Kier molecular flexibility index (Phi) is 7.24. The number of hydrogen-bond acceptors (Lipinski definition) is 9. The van der Waals surface area contributed by atoms with Gasteiger partial charge in [0.15, 0.2) is 0 Å². The number of carbonyl (C=O) groups is 1. The fraction of sp³-hybridized carbons (Fsp3) is 0.308. The van der Waals surface area contributed by atoms with Crippen LogP contribution in [0.1, 0.15) is 30.2 Å². The molecule has 0 atom stereocenters. The third-order valence-electron chi connectivity index (χ3n) is 6.54. The van der Waals surface area contributed by atoms with Crippen LogP contribution in [0.3, 0.4) is 0 Å². The Bertz CT molecular complexity index is 1570. The molecule has 0 bridgehead atoms. The molecule has 4 aromatic rings. The first-order chi connectivity index (χ1) is 18.7. The summed E-state index contributed by atoms with van der Waals surface area (Å²) in [5.74, 6) is 2.83.